The number of nitrogens with one attached hydrogen (secondary N) is 2. The first-order valence-corrected chi connectivity index (χ1v) is 14.1. The number of hydrogen-bond donors (Lipinski definition) is 3. The lowest BCUT2D eigenvalue weighted by molar-refractivity contribution is -0.156. The van der Waals surface area contributed by atoms with Gasteiger partial charge in [-0.25, -0.2) is 9.18 Å². The summed E-state index contributed by atoms with van der Waals surface area (Å²) < 4.78 is 20.9. The minimum atomic E-state index is -1.55. The minimum Gasteiger partial charge on any atom is -0.478 e. The number of benzene rings is 3. The van der Waals surface area contributed by atoms with E-state index in [0.717, 1.165) is 0 Å². The molecule has 5 rings (SSSR count). The van der Waals surface area contributed by atoms with E-state index < -0.39 is 40.7 Å². The third-order valence-corrected chi connectivity index (χ3v) is 8.96. The summed E-state index contributed by atoms with van der Waals surface area (Å²) in [6, 6.07) is 13.0. The molecule has 0 saturated carbocycles. The Balaban J connectivity index is 1.82. The van der Waals surface area contributed by atoms with Crippen LogP contribution in [0.4, 0.5) is 10.1 Å². The summed E-state index contributed by atoms with van der Waals surface area (Å²) in [7, 11) is 0. The second kappa shape index (κ2) is 10.7. The number of carboxylic acid groups (broad SMARTS) is 1. The van der Waals surface area contributed by atoms with E-state index in [2.05, 4.69) is 10.6 Å². The van der Waals surface area contributed by atoms with Crippen molar-refractivity contribution in [3.05, 3.63) is 92.7 Å². The molecular formula is C31H29Cl2FN2O5. The summed E-state index contributed by atoms with van der Waals surface area (Å²) in [6.45, 7) is 5.22. The molecule has 3 N–H and O–H groups in total. The highest BCUT2D eigenvalue weighted by molar-refractivity contribution is 6.31. The van der Waals surface area contributed by atoms with Crippen molar-refractivity contribution in [2.24, 2.45) is 0 Å². The highest BCUT2D eigenvalue weighted by Gasteiger charge is 2.62. The molecule has 2 heterocycles. The van der Waals surface area contributed by atoms with E-state index in [9.17, 15) is 23.9 Å². The number of halogens is 3. The number of aryl methyl sites for hydroxylation is 1. The Morgan fingerprint density at radius 1 is 1.05 bits per heavy atom. The Morgan fingerprint density at radius 2 is 1.73 bits per heavy atom. The van der Waals surface area contributed by atoms with Gasteiger partial charge in [0.25, 0.3) is 0 Å². The van der Waals surface area contributed by atoms with Gasteiger partial charge >= 0.3 is 5.97 Å². The molecule has 0 unspecified atom stereocenters. The number of hydrogen-bond acceptors (Lipinski definition) is 4. The fourth-order valence-corrected chi connectivity index (χ4v) is 6.63. The zero-order valence-corrected chi connectivity index (χ0v) is 24.2. The summed E-state index contributed by atoms with van der Waals surface area (Å²) in [5.41, 5.74) is -0.490. The maximum atomic E-state index is 14.7. The van der Waals surface area contributed by atoms with Crippen LogP contribution in [0, 0.1) is 12.7 Å². The summed E-state index contributed by atoms with van der Waals surface area (Å²) in [6.07, 6.45) is 0.198. The summed E-state index contributed by atoms with van der Waals surface area (Å²) in [4.78, 5) is 40.1. The Hall–Kier alpha value is -3.62. The Kier molecular flexibility index (Phi) is 7.51. The largest absolute Gasteiger partial charge is 0.478 e. The third-order valence-electron chi connectivity index (χ3n) is 8.49. The van der Waals surface area contributed by atoms with E-state index in [1.54, 1.807) is 63.2 Å². The van der Waals surface area contributed by atoms with Gasteiger partial charge in [-0.15, -0.1) is 0 Å². The highest BCUT2D eigenvalue weighted by atomic mass is 35.5. The molecule has 1 saturated heterocycles. The normalized spacial score (nSPS) is 21.8. The number of ether oxygens (including phenoxy) is 1. The van der Waals surface area contributed by atoms with E-state index in [-0.39, 0.29) is 30.9 Å². The van der Waals surface area contributed by atoms with Crippen molar-refractivity contribution < 1.29 is 28.6 Å². The van der Waals surface area contributed by atoms with Gasteiger partial charge in [0.2, 0.25) is 17.4 Å². The van der Waals surface area contributed by atoms with Crippen LogP contribution in [0.25, 0.3) is 0 Å². The van der Waals surface area contributed by atoms with Gasteiger partial charge in [0.1, 0.15) is 17.0 Å². The van der Waals surface area contributed by atoms with Crippen molar-refractivity contribution in [2.45, 2.75) is 63.0 Å². The minimum absolute atomic E-state index is 0.143. The monoisotopic (exact) mass is 598 g/mol. The van der Waals surface area contributed by atoms with Gasteiger partial charge in [0.05, 0.1) is 6.04 Å². The van der Waals surface area contributed by atoms with Crippen LogP contribution in [0.15, 0.2) is 54.6 Å². The second-order valence-electron chi connectivity index (χ2n) is 10.6. The molecule has 0 aliphatic carbocycles. The van der Waals surface area contributed by atoms with Crippen molar-refractivity contribution in [1.82, 2.24) is 5.32 Å². The Labute approximate surface area is 247 Å². The van der Waals surface area contributed by atoms with Gasteiger partial charge in [-0.1, -0.05) is 49.2 Å². The van der Waals surface area contributed by atoms with Gasteiger partial charge in [-0.3, -0.25) is 9.59 Å². The fraction of sp³-hybridized carbons (Fsp3) is 0.323. The number of piperidine rings is 1. The first-order valence-electron chi connectivity index (χ1n) is 13.4. The molecule has 3 aromatic rings. The quantitative estimate of drug-likeness (QED) is 0.281. The Morgan fingerprint density at radius 3 is 2.41 bits per heavy atom. The number of carbonyl (C=O) groups excluding carboxylic acids is 2. The molecule has 7 nitrogen and oxygen atoms in total. The number of fused-ring (bicyclic) bond motifs is 2. The molecule has 0 aromatic heterocycles. The predicted octanol–water partition coefficient (Wildman–Crippen LogP) is 6.70. The van der Waals surface area contributed by atoms with Gasteiger partial charge in [-0.2, -0.15) is 0 Å². The molecule has 214 valence electrons. The molecule has 1 spiro atoms. The smallest absolute Gasteiger partial charge is 0.348 e. The van der Waals surface area contributed by atoms with Gasteiger partial charge in [-0.05, 0) is 78.9 Å². The number of anilines is 1. The second-order valence-corrected chi connectivity index (χ2v) is 11.4. The van der Waals surface area contributed by atoms with E-state index in [4.69, 9.17) is 27.9 Å². The molecule has 3 atom stereocenters. The standard InChI is InChI=1S/C31H29Cl2FN2O5/c1-4-30(5-2,29(39)40)41-25-11-8-17(32)12-21(25)23-15-26(37)36-27(20-14-19(34)9-6-16(20)3)31(23)22-10-7-18(33)13-24(22)35-28(31)38/h6-14,23,27H,4-5,15H2,1-3H3,(H,35,38)(H,36,37)(H,39,40)/t23-,27+,31-/m1/s1. The lowest BCUT2D eigenvalue weighted by Gasteiger charge is -2.47. The maximum Gasteiger partial charge on any atom is 0.348 e. The highest BCUT2D eigenvalue weighted by Crippen LogP contribution is 2.59. The SMILES string of the molecule is CCC(CC)(Oc1ccc(Cl)cc1[C@H]1CC(=O)N[C@@H](c2cc(F)ccc2C)[C@]12C(=O)Nc1cc(Cl)ccc12)C(=O)O. The van der Waals surface area contributed by atoms with E-state index >= 15 is 0 Å². The molecule has 3 aromatic carbocycles. The topological polar surface area (TPSA) is 105 Å². The zero-order chi connectivity index (χ0) is 29.7. The van der Waals surface area contributed by atoms with Crippen molar-refractivity contribution in [3.8, 4) is 5.75 Å². The molecule has 2 amide bonds. The predicted molar refractivity (Wildman–Crippen MR) is 154 cm³/mol. The molecule has 0 radical (unpaired) electrons. The van der Waals surface area contributed by atoms with E-state index in [1.807, 2.05) is 0 Å². The van der Waals surface area contributed by atoms with Crippen molar-refractivity contribution >= 4 is 46.7 Å². The van der Waals surface area contributed by atoms with Crippen LogP contribution >= 0.6 is 23.2 Å². The van der Waals surface area contributed by atoms with Crippen LogP contribution in [0.5, 0.6) is 5.75 Å². The average Bonchev–Trinajstić information content (AvgIpc) is 3.21. The number of amides is 2. The number of carboxylic acids is 1. The molecule has 2 aliphatic heterocycles. The van der Waals surface area contributed by atoms with Gasteiger partial charge in [0.15, 0.2) is 0 Å². The molecule has 10 heteroatoms. The van der Waals surface area contributed by atoms with Gasteiger partial charge in [0, 0.05) is 33.6 Å². The zero-order valence-electron chi connectivity index (χ0n) is 22.7. The number of rotatable bonds is 7. The molecule has 41 heavy (non-hydrogen) atoms. The molecule has 2 aliphatic rings. The lowest BCUT2D eigenvalue weighted by Crippen LogP contribution is -2.57. The van der Waals surface area contributed by atoms with Crippen molar-refractivity contribution in [3.63, 3.8) is 0 Å². The summed E-state index contributed by atoms with van der Waals surface area (Å²) in [5.74, 6) is -3.12. The average molecular weight is 599 g/mol. The first kappa shape index (κ1) is 28.9. The van der Waals surface area contributed by atoms with E-state index in [1.165, 1.54) is 12.1 Å². The third kappa shape index (κ3) is 4.63. The van der Waals surface area contributed by atoms with E-state index in [0.29, 0.717) is 38.0 Å². The van der Waals surface area contributed by atoms with Gasteiger partial charge < -0.3 is 20.5 Å². The van der Waals surface area contributed by atoms with Crippen molar-refractivity contribution in [1.29, 1.82) is 0 Å². The van der Waals surface area contributed by atoms with Crippen LogP contribution < -0.4 is 15.4 Å². The van der Waals surface area contributed by atoms with Crippen LogP contribution in [0.1, 0.15) is 67.3 Å². The summed E-state index contributed by atoms with van der Waals surface area (Å²) >= 11 is 12.8. The van der Waals surface area contributed by atoms with Crippen LogP contribution in [0.2, 0.25) is 10.0 Å². The number of carbonyl (C=O) groups is 3. The van der Waals surface area contributed by atoms with Crippen molar-refractivity contribution in [2.75, 3.05) is 5.32 Å². The molecule has 1 fully saturated rings. The summed E-state index contributed by atoms with van der Waals surface area (Å²) in [5, 5.41) is 16.7. The molecular weight excluding hydrogens is 570 g/mol. The molecule has 0 bridgehead atoms. The lowest BCUT2D eigenvalue weighted by atomic mass is 9.59. The fourth-order valence-electron chi connectivity index (χ4n) is 6.28. The number of aliphatic carboxylic acids is 1. The van der Waals surface area contributed by atoms with Crippen LogP contribution in [-0.2, 0) is 19.8 Å². The Bertz CT molecular complexity index is 1570. The van der Waals surface area contributed by atoms with Crippen LogP contribution in [0.3, 0.4) is 0 Å². The maximum absolute atomic E-state index is 14.7. The van der Waals surface area contributed by atoms with Crippen LogP contribution in [-0.4, -0.2) is 28.5 Å². The first-order chi connectivity index (χ1) is 19.5.